The monoisotopic (exact) mass is 228 g/mol. The predicted octanol–water partition coefficient (Wildman–Crippen LogP) is 0.913. The van der Waals surface area contributed by atoms with Crippen LogP contribution in [0.25, 0.3) is 0 Å². The van der Waals surface area contributed by atoms with Crippen LogP contribution in [-0.4, -0.2) is 20.7 Å². The van der Waals surface area contributed by atoms with Crippen molar-refractivity contribution in [2.75, 3.05) is 0 Å². The van der Waals surface area contributed by atoms with Crippen molar-refractivity contribution >= 4 is 5.91 Å². The van der Waals surface area contributed by atoms with Gasteiger partial charge >= 0.3 is 0 Å². The average molecular weight is 228 g/mol. The van der Waals surface area contributed by atoms with Crippen molar-refractivity contribution in [2.45, 2.75) is 18.9 Å². The van der Waals surface area contributed by atoms with Gasteiger partial charge in [-0.2, -0.15) is 0 Å². The lowest BCUT2D eigenvalue weighted by atomic mass is 10.1. The fourth-order valence-electron chi connectivity index (χ4n) is 2.25. The minimum atomic E-state index is -0.571. The number of carbonyl (C=O) groups is 1. The second-order valence-corrected chi connectivity index (χ2v) is 4.13. The molecule has 2 heterocycles. The largest absolute Gasteiger partial charge is 0.363 e. The molecule has 2 aromatic rings. The Bertz CT molecular complexity index is 561. The Balaban J connectivity index is 2.01. The molecule has 0 saturated carbocycles. The molecule has 86 valence electrons. The maximum absolute atomic E-state index is 11.0. The molecule has 2 N–H and O–H groups in total. The van der Waals surface area contributed by atoms with Crippen LogP contribution in [0.3, 0.4) is 0 Å². The molecule has 0 fully saturated rings. The number of amides is 1. The van der Waals surface area contributed by atoms with Crippen LogP contribution >= 0.6 is 0 Å². The summed E-state index contributed by atoms with van der Waals surface area (Å²) in [4.78, 5) is 15.2. The Morgan fingerprint density at radius 1 is 1.35 bits per heavy atom. The molecule has 17 heavy (non-hydrogen) atoms. The number of primary amides is 1. The van der Waals surface area contributed by atoms with Crippen LogP contribution in [-0.2, 0) is 6.42 Å². The van der Waals surface area contributed by atoms with E-state index in [4.69, 9.17) is 5.73 Å². The first kappa shape index (κ1) is 10.0. The van der Waals surface area contributed by atoms with E-state index in [2.05, 4.69) is 22.2 Å². The molecule has 1 amide bonds. The van der Waals surface area contributed by atoms with E-state index in [1.807, 2.05) is 22.9 Å². The van der Waals surface area contributed by atoms with E-state index in [0.29, 0.717) is 0 Å². The van der Waals surface area contributed by atoms with Crippen molar-refractivity contribution < 1.29 is 4.79 Å². The van der Waals surface area contributed by atoms with Gasteiger partial charge in [0, 0.05) is 6.42 Å². The molecule has 1 unspecified atom stereocenters. The van der Waals surface area contributed by atoms with Crippen LogP contribution in [0.2, 0.25) is 0 Å². The average Bonchev–Trinajstić information content (AvgIpc) is 2.89. The molecule has 5 nitrogen and oxygen atoms in total. The highest BCUT2D eigenvalue weighted by Gasteiger charge is 2.27. The Kier molecular flexibility index (Phi) is 2.18. The van der Waals surface area contributed by atoms with Crippen LogP contribution in [0, 0.1) is 0 Å². The molecule has 0 bridgehead atoms. The summed E-state index contributed by atoms with van der Waals surface area (Å²) in [7, 11) is 0. The molecule has 0 aliphatic carbocycles. The van der Waals surface area contributed by atoms with Gasteiger partial charge in [-0.1, -0.05) is 30.3 Å². The third kappa shape index (κ3) is 1.60. The molecule has 1 aliphatic heterocycles. The van der Waals surface area contributed by atoms with Gasteiger partial charge in [-0.25, -0.2) is 9.67 Å². The molecular weight excluding hydrogens is 216 g/mol. The number of nitrogens with two attached hydrogens (primary N) is 1. The van der Waals surface area contributed by atoms with Gasteiger partial charge in [0.25, 0.3) is 5.91 Å². The first-order valence-corrected chi connectivity index (χ1v) is 5.56. The summed E-state index contributed by atoms with van der Waals surface area (Å²) >= 11 is 0. The van der Waals surface area contributed by atoms with Crippen LogP contribution < -0.4 is 5.73 Å². The van der Waals surface area contributed by atoms with Crippen molar-refractivity contribution in [1.82, 2.24) is 14.8 Å². The number of hydrogen-bond acceptors (Lipinski definition) is 3. The van der Waals surface area contributed by atoms with Crippen molar-refractivity contribution in [3.8, 4) is 0 Å². The number of aromatic nitrogens is 3. The lowest BCUT2D eigenvalue weighted by Crippen LogP contribution is -2.15. The van der Waals surface area contributed by atoms with Gasteiger partial charge in [-0.05, 0) is 12.0 Å². The summed E-state index contributed by atoms with van der Waals surface area (Å²) in [5.41, 5.74) is 6.37. The zero-order valence-electron chi connectivity index (χ0n) is 9.21. The first-order valence-electron chi connectivity index (χ1n) is 5.56. The molecule has 0 saturated heterocycles. The van der Waals surface area contributed by atoms with Gasteiger partial charge in [-0.15, -0.1) is 5.10 Å². The molecule has 1 aromatic heterocycles. The Labute approximate surface area is 98.3 Å². The van der Waals surface area contributed by atoms with E-state index >= 15 is 0 Å². The summed E-state index contributed by atoms with van der Waals surface area (Å²) in [5, 5.41) is 4.18. The zero-order valence-corrected chi connectivity index (χ0v) is 9.21. The van der Waals surface area contributed by atoms with Gasteiger partial charge < -0.3 is 5.73 Å². The van der Waals surface area contributed by atoms with Crippen molar-refractivity contribution in [1.29, 1.82) is 0 Å². The lowest BCUT2D eigenvalue weighted by Gasteiger charge is -2.11. The number of fused-ring (bicyclic) bond motifs is 1. The van der Waals surface area contributed by atoms with E-state index < -0.39 is 5.91 Å². The second kappa shape index (κ2) is 3.69. The topological polar surface area (TPSA) is 73.8 Å². The minimum Gasteiger partial charge on any atom is -0.363 e. The van der Waals surface area contributed by atoms with Gasteiger partial charge in [0.15, 0.2) is 0 Å². The third-order valence-electron chi connectivity index (χ3n) is 3.04. The van der Waals surface area contributed by atoms with E-state index in [1.165, 1.54) is 5.56 Å². The van der Waals surface area contributed by atoms with Crippen molar-refractivity contribution in [2.24, 2.45) is 5.73 Å². The van der Waals surface area contributed by atoms with Crippen LogP contribution in [0.4, 0.5) is 0 Å². The van der Waals surface area contributed by atoms with E-state index in [0.717, 1.165) is 18.7 Å². The number of carbonyl (C=O) groups excluding carboxylic acids is 1. The molecule has 5 heteroatoms. The van der Waals surface area contributed by atoms with Gasteiger partial charge in [0.1, 0.15) is 5.82 Å². The lowest BCUT2D eigenvalue weighted by molar-refractivity contribution is 0.0990. The van der Waals surface area contributed by atoms with Crippen molar-refractivity contribution in [3.05, 3.63) is 47.5 Å². The summed E-state index contributed by atoms with van der Waals surface area (Å²) in [6, 6.07) is 10.3. The maximum Gasteiger partial charge on any atom is 0.288 e. The maximum atomic E-state index is 11.0. The molecule has 3 rings (SSSR count). The predicted molar refractivity (Wildman–Crippen MR) is 61.4 cm³/mol. The normalized spacial score (nSPS) is 18.0. The molecule has 1 atom stereocenters. The highest BCUT2D eigenvalue weighted by molar-refractivity contribution is 5.88. The Morgan fingerprint density at radius 2 is 2.12 bits per heavy atom. The van der Waals surface area contributed by atoms with E-state index in [-0.39, 0.29) is 11.9 Å². The number of rotatable bonds is 2. The highest BCUT2D eigenvalue weighted by atomic mass is 16.1. The van der Waals surface area contributed by atoms with Gasteiger partial charge in [-0.3, -0.25) is 4.79 Å². The Morgan fingerprint density at radius 3 is 2.82 bits per heavy atom. The number of aryl methyl sites for hydroxylation is 1. The van der Waals surface area contributed by atoms with E-state index in [9.17, 15) is 4.79 Å². The number of hydrogen-bond donors (Lipinski definition) is 1. The van der Waals surface area contributed by atoms with Gasteiger partial charge in [0.2, 0.25) is 5.82 Å². The van der Waals surface area contributed by atoms with Crippen LogP contribution in [0.5, 0.6) is 0 Å². The smallest absolute Gasteiger partial charge is 0.288 e. The molecule has 0 radical (unpaired) electrons. The second-order valence-electron chi connectivity index (χ2n) is 4.13. The zero-order chi connectivity index (χ0) is 11.8. The fraction of sp³-hybridized carbons (Fsp3) is 0.250. The number of nitrogens with zero attached hydrogens (tertiary/aromatic N) is 3. The summed E-state index contributed by atoms with van der Waals surface area (Å²) < 4.78 is 1.81. The Hall–Kier alpha value is -2.17. The third-order valence-corrected chi connectivity index (χ3v) is 3.04. The summed E-state index contributed by atoms with van der Waals surface area (Å²) in [6.45, 7) is 0. The highest BCUT2D eigenvalue weighted by Crippen LogP contribution is 2.29. The SMILES string of the molecule is NC(=O)c1nc2n(n1)C(c1ccccc1)CC2. The minimum absolute atomic E-state index is 0.112. The molecule has 0 spiro atoms. The van der Waals surface area contributed by atoms with E-state index in [1.54, 1.807) is 0 Å². The molecule has 1 aromatic carbocycles. The fourth-order valence-corrected chi connectivity index (χ4v) is 2.25. The van der Waals surface area contributed by atoms with Crippen LogP contribution in [0.1, 0.15) is 34.5 Å². The number of benzene rings is 1. The first-order chi connectivity index (χ1) is 8.25. The summed E-state index contributed by atoms with van der Waals surface area (Å²) in [5.74, 6) is 0.381. The molecular formula is C12H12N4O. The standard InChI is InChI=1S/C12H12N4O/c13-11(17)12-14-10-7-6-9(16(10)15-12)8-4-2-1-3-5-8/h1-5,9H,6-7H2,(H2,13,17). The van der Waals surface area contributed by atoms with Crippen molar-refractivity contribution in [3.63, 3.8) is 0 Å². The molecule has 1 aliphatic rings. The van der Waals surface area contributed by atoms with Gasteiger partial charge in [0.05, 0.1) is 6.04 Å². The van der Waals surface area contributed by atoms with Crippen LogP contribution in [0.15, 0.2) is 30.3 Å². The summed E-state index contributed by atoms with van der Waals surface area (Å²) in [6.07, 6.45) is 1.80. The quantitative estimate of drug-likeness (QED) is 0.830.